The van der Waals surface area contributed by atoms with E-state index in [1.165, 1.54) is 0 Å². The fraction of sp³-hybridized carbons (Fsp3) is 0.0476. The minimum absolute atomic E-state index is 0.403. The number of benzene rings is 2. The zero-order chi connectivity index (χ0) is 19.2. The molecule has 0 radical (unpaired) electrons. The van der Waals surface area contributed by atoms with E-state index in [1.54, 1.807) is 17.1 Å². The first kappa shape index (κ1) is 17.8. The maximum Gasteiger partial charge on any atom is 0.216 e. The maximum atomic E-state index is 5.80. The van der Waals surface area contributed by atoms with E-state index < -0.39 is 0 Å². The minimum atomic E-state index is 0.403. The lowest BCUT2D eigenvalue weighted by Crippen LogP contribution is -1.97. The second-order valence-corrected chi connectivity index (χ2v) is 6.35. The van der Waals surface area contributed by atoms with Crippen LogP contribution in [0.1, 0.15) is 11.1 Å². The van der Waals surface area contributed by atoms with E-state index in [1.807, 2.05) is 72.8 Å². The van der Waals surface area contributed by atoms with Gasteiger partial charge in [0, 0.05) is 6.20 Å². The Kier molecular flexibility index (Phi) is 5.35. The first-order valence-electron chi connectivity index (χ1n) is 8.69. The summed E-state index contributed by atoms with van der Waals surface area (Å²) in [6.07, 6.45) is 3.42. The average molecular weight is 387 g/mol. The van der Waals surface area contributed by atoms with Gasteiger partial charge in [0.1, 0.15) is 18.1 Å². The number of hydrogen-bond acceptors (Lipinski definition) is 5. The van der Waals surface area contributed by atoms with E-state index in [9.17, 15) is 0 Å². The number of rotatable bonds is 6. The lowest BCUT2D eigenvalue weighted by Gasteiger charge is -2.06. The lowest BCUT2D eigenvalue weighted by atomic mass is 10.2. The highest BCUT2D eigenvalue weighted by Gasteiger charge is 2.08. The highest BCUT2D eigenvalue weighted by atomic mass is 32.1. The topological polar surface area (TPSA) is 68.1 Å². The van der Waals surface area contributed by atoms with Crippen LogP contribution in [0.3, 0.4) is 0 Å². The van der Waals surface area contributed by atoms with E-state index >= 15 is 0 Å². The molecule has 0 aliphatic carbocycles. The Morgan fingerprint density at radius 3 is 2.54 bits per heavy atom. The molecule has 4 aromatic rings. The van der Waals surface area contributed by atoms with Gasteiger partial charge in [0.15, 0.2) is 0 Å². The predicted molar refractivity (Wildman–Crippen MR) is 111 cm³/mol. The van der Waals surface area contributed by atoms with Gasteiger partial charge in [0.05, 0.1) is 6.21 Å². The number of H-pyrrole nitrogens is 1. The molecule has 138 valence electrons. The van der Waals surface area contributed by atoms with Gasteiger partial charge in [0.25, 0.3) is 0 Å². The van der Waals surface area contributed by atoms with Crippen LogP contribution in [-0.4, -0.2) is 26.1 Å². The van der Waals surface area contributed by atoms with E-state index in [0.717, 1.165) is 16.9 Å². The third kappa shape index (κ3) is 4.21. The Bertz CT molecular complexity index is 1120. The molecule has 0 saturated carbocycles. The van der Waals surface area contributed by atoms with Crippen LogP contribution in [0.25, 0.3) is 11.5 Å². The van der Waals surface area contributed by atoms with Gasteiger partial charge < -0.3 is 4.74 Å². The Balaban J connectivity index is 1.47. The lowest BCUT2D eigenvalue weighted by molar-refractivity contribution is 0.306. The third-order valence-corrected chi connectivity index (χ3v) is 4.26. The molecule has 0 amide bonds. The van der Waals surface area contributed by atoms with Crippen molar-refractivity contribution in [2.45, 2.75) is 6.61 Å². The maximum absolute atomic E-state index is 5.80. The summed E-state index contributed by atoms with van der Waals surface area (Å²) in [5, 5.41) is 11.4. The predicted octanol–water partition coefficient (Wildman–Crippen LogP) is 4.46. The second-order valence-electron chi connectivity index (χ2n) is 5.97. The molecular formula is C21H17N5OS. The van der Waals surface area contributed by atoms with Crippen LogP contribution in [0.4, 0.5) is 0 Å². The third-order valence-electron chi connectivity index (χ3n) is 4.00. The quantitative estimate of drug-likeness (QED) is 0.392. The van der Waals surface area contributed by atoms with Gasteiger partial charge in [-0.1, -0.05) is 36.4 Å². The first-order valence-corrected chi connectivity index (χ1v) is 9.10. The van der Waals surface area contributed by atoms with Crippen molar-refractivity contribution in [3.05, 3.63) is 94.9 Å². The SMILES string of the molecule is S=c1[nH]nc(-c2ccccn2)n1/N=C\c1ccc(OCc2ccccc2)cc1. The molecule has 0 fully saturated rings. The minimum Gasteiger partial charge on any atom is -0.489 e. The number of nitrogens with one attached hydrogen (secondary N) is 1. The molecule has 0 spiro atoms. The van der Waals surface area contributed by atoms with Crippen LogP contribution < -0.4 is 4.74 Å². The van der Waals surface area contributed by atoms with Crippen LogP contribution in [0.2, 0.25) is 0 Å². The molecule has 4 rings (SSSR count). The van der Waals surface area contributed by atoms with Crippen LogP contribution in [0.15, 0.2) is 84.1 Å². The van der Waals surface area contributed by atoms with Gasteiger partial charge in [-0.2, -0.15) is 14.9 Å². The summed E-state index contributed by atoms with van der Waals surface area (Å²) in [5.41, 5.74) is 2.74. The van der Waals surface area contributed by atoms with Gasteiger partial charge in [-0.15, -0.1) is 0 Å². The molecule has 2 heterocycles. The zero-order valence-electron chi connectivity index (χ0n) is 14.9. The van der Waals surface area contributed by atoms with Crippen molar-refractivity contribution in [3.8, 4) is 17.3 Å². The Morgan fingerprint density at radius 2 is 1.79 bits per heavy atom. The summed E-state index contributed by atoms with van der Waals surface area (Å²) < 4.78 is 7.76. The van der Waals surface area contributed by atoms with Crippen molar-refractivity contribution in [2.75, 3.05) is 0 Å². The highest BCUT2D eigenvalue weighted by Crippen LogP contribution is 2.15. The van der Waals surface area contributed by atoms with Crippen LogP contribution in [0.5, 0.6) is 5.75 Å². The van der Waals surface area contributed by atoms with E-state index in [0.29, 0.717) is 22.9 Å². The van der Waals surface area contributed by atoms with Crippen molar-refractivity contribution in [3.63, 3.8) is 0 Å². The number of aromatic amines is 1. The van der Waals surface area contributed by atoms with Crippen molar-refractivity contribution < 1.29 is 4.74 Å². The molecule has 0 atom stereocenters. The Hall–Kier alpha value is -3.58. The number of aromatic nitrogens is 4. The van der Waals surface area contributed by atoms with Gasteiger partial charge in [-0.3, -0.25) is 4.98 Å². The molecule has 0 saturated heterocycles. The molecule has 7 heteroatoms. The number of ether oxygens (including phenoxy) is 1. The van der Waals surface area contributed by atoms with Crippen molar-refractivity contribution in [1.82, 2.24) is 19.9 Å². The monoisotopic (exact) mass is 387 g/mol. The summed E-state index contributed by atoms with van der Waals surface area (Å²) in [5.74, 6) is 1.36. The number of nitrogens with zero attached hydrogens (tertiary/aromatic N) is 4. The van der Waals surface area contributed by atoms with Gasteiger partial charge in [-0.25, -0.2) is 5.10 Å². The van der Waals surface area contributed by atoms with E-state index in [2.05, 4.69) is 20.3 Å². The van der Waals surface area contributed by atoms with Crippen molar-refractivity contribution in [2.24, 2.45) is 5.10 Å². The standard InChI is InChI=1S/C21H17N5OS/c28-21-25-24-20(19-8-4-5-13-22-19)26(21)23-14-16-9-11-18(12-10-16)27-15-17-6-2-1-3-7-17/h1-14H,15H2,(H,25,28)/b23-14-. The smallest absolute Gasteiger partial charge is 0.216 e. The van der Waals surface area contributed by atoms with Gasteiger partial charge >= 0.3 is 0 Å². The Morgan fingerprint density at radius 1 is 1.00 bits per heavy atom. The van der Waals surface area contributed by atoms with Crippen LogP contribution in [0, 0.1) is 4.77 Å². The molecule has 6 nitrogen and oxygen atoms in total. The highest BCUT2D eigenvalue weighted by molar-refractivity contribution is 7.71. The number of hydrogen-bond donors (Lipinski definition) is 1. The van der Waals surface area contributed by atoms with Crippen LogP contribution >= 0.6 is 12.2 Å². The fourth-order valence-corrected chi connectivity index (χ4v) is 2.75. The molecule has 0 bridgehead atoms. The van der Waals surface area contributed by atoms with Gasteiger partial charge in [0.2, 0.25) is 10.6 Å². The summed E-state index contributed by atoms with van der Waals surface area (Å²) >= 11 is 5.27. The first-order chi connectivity index (χ1) is 13.8. The molecule has 0 aliphatic rings. The molecule has 1 N–H and O–H groups in total. The van der Waals surface area contributed by atoms with Crippen molar-refractivity contribution >= 4 is 18.4 Å². The van der Waals surface area contributed by atoms with E-state index in [4.69, 9.17) is 17.0 Å². The Labute approximate surface area is 167 Å². The molecule has 2 aromatic carbocycles. The zero-order valence-corrected chi connectivity index (χ0v) is 15.7. The summed E-state index contributed by atoms with van der Waals surface area (Å²) in [4.78, 5) is 4.29. The largest absolute Gasteiger partial charge is 0.489 e. The van der Waals surface area contributed by atoms with E-state index in [-0.39, 0.29) is 0 Å². The number of pyridine rings is 1. The second kappa shape index (κ2) is 8.41. The van der Waals surface area contributed by atoms with Crippen LogP contribution in [-0.2, 0) is 6.61 Å². The summed E-state index contributed by atoms with van der Waals surface area (Å²) in [6.45, 7) is 0.534. The summed E-state index contributed by atoms with van der Waals surface area (Å²) in [6, 6.07) is 23.4. The normalized spacial score (nSPS) is 11.0. The fourth-order valence-electron chi connectivity index (χ4n) is 2.58. The van der Waals surface area contributed by atoms with Gasteiger partial charge in [-0.05, 0) is 59.7 Å². The van der Waals surface area contributed by atoms with Crippen molar-refractivity contribution in [1.29, 1.82) is 0 Å². The molecule has 2 aromatic heterocycles. The molecule has 28 heavy (non-hydrogen) atoms. The molecule has 0 aliphatic heterocycles. The summed E-state index contributed by atoms with van der Waals surface area (Å²) in [7, 11) is 0. The molecular weight excluding hydrogens is 370 g/mol. The average Bonchev–Trinajstić information content (AvgIpc) is 3.13. The molecule has 0 unspecified atom stereocenters.